The van der Waals surface area contributed by atoms with Gasteiger partial charge in [-0.3, -0.25) is 0 Å². The van der Waals surface area contributed by atoms with Crippen LogP contribution < -0.4 is 0 Å². The normalized spacial score (nSPS) is 10.5. The summed E-state index contributed by atoms with van der Waals surface area (Å²) < 4.78 is 27.4. The molecule has 0 aromatic carbocycles. The van der Waals surface area contributed by atoms with Crippen molar-refractivity contribution in [2.75, 3.05) is 0 Å². The first kappa shape index (κ1) is 7.58. The number of hydrogen-bond acceptors (Lipinski definition) is 4. The number of aromatic carboxylic acids is 1. The number of aromatic nitrogens is 2. The van der Waals surface area contributed by atoms with Crippen molar-refractivity contribution < 1.29 is 23.3 Å². The third-order valence-electron chi connectivity index (χ3n) is 0.923. The van der Waals surface area contributed by atoms with E-state index >= 15 is 0 Å². The molecule has 0 aliphatic rings. The topological polar surface area (TPSA) is 76.2 Å². The van der Waals surface area contributed by atoms with Crippen LogP contribution in [0.4, 0.5) is 8.78 Å². The van der Waals surface area contributed by atoms with Crippen molar-refractivity contribution in [3.63, 3.8) is 0 Å². The van der Waals surface area contributed by atoms with Crippen LogP contribution in [0.1, 0.15) is 22.6 Å². The Bertz CT molecular complexity index is 272. The zero-order chi connectivity index (χ0) is 8.43. The van der Waals surface area contributed by atoms with Gasteiger partial charge < -0.3 is 5.11 Å². The van der Waals surface area contributed by atoms with Crippen LogP contribution in [0.15, 0.2) is 4.63 Å². The summed E-state index contributed by atoms with van der Waals surface area (Å²) in [5, 5.41) is 13.7. The highest BCUT2D eigenvalue weighted by atomic mass is 19.3. The minimum absolute atomic E-state index is 0.847. The zero-order valence-corrected chi connectivity index (χ0v) is 4.99. The molecule has 0 atom stereocenters. The van der Waals surface area contributed by atoms with Crippen LogP contribution in [0.25, 0.3) is 0 Å². The van der Waals surface area contributed by atoms with Crippen LogP contribution in [0, 0.1) is 0 Å². The van der Waals surface area contributed by atoms with E-state index in [0.717, 1.165) is 0 Å². The van der Waals surface area contributed by atoms with E-state index in [2.05, 4.69) is 14.9 Å². The van der Waals surface area contributed by atoms with Crippen LogP contribution >= 0.6 is 0 Å². The number of carboxylic acid groups (broad SMARTS) is 1. The molecule has 1 aromatic rings. The van der Waals surface area contributed by atoms with Gasteiger partial charge in [-0.05, 0) is 10.3 Å². The van der Waals surface area contributed by atoms with Crippen molar-refractivity contribution in [1.29, 1.82) is 0 Å². The highest BCUT2D eigenvalue weighted by Crippen LogP contribution is 2.18. The molecule has 7 heteroatoms. The number of halogens is 2. The molecule has 1 heterocycles. The van der Waals surface area contributed by atoms with E-state index in [4.69, 9.17) is 5.11 Å². The van der Waals surface area contributed by atoms with E-state index in [9.17, 15) is 13.6 Å². The highest BCUT2D eigenvalue weighted by molar-refractivity contribution is 5.86. The summed E-state index contributed by atoms with van der Waals surface area (Å²) in [5.74, 6) is -1.58. The molecule has 0 amide bonds. The van der Waals surface area contributed by atoms with Crippen molar-refractivity contribution in [1.82, 2.24) is 10.3 Å². The van der Waals surface area contributed by atoms with Crippen molar-refractivity contribution in [2.45, 2.75) is 6.43 Å². The van der Waals surface area contributed by atoms with Crippen molar-refractivity contribution >= 4 is 5.97 Å². The fraction of sp³-hybridized carbons (Fsp3) is 0.250. The van der Waals surface area contributed by atoms with Gasteiger partial charge in [0.05, 0.1) is 0 Å². The summed E-state index contributed by atoms with van der Waals surface area (Å²) in [6, 6.07) is 0. The lowest BCUT2D eigenvalue weighted by Crippen LogP contribution is -2.01. The highest BCUT2D eigenvalue weighted by Gasteiger charge is 2.24. The molecule has 1 rings (SSSR count). The maximum absolute atomic E-state index is 11.8. The maximum Gasteiger partial charge on any atom is 0.360 e. The fourth-order valence-electron chi connectivity index (χ4n) is 0.487. The van der Waals surface area contributed by atoms with Gasteiger partial charge in [0.1, 0.15) is 0 Å². The summed E-state index contributed by atoms with van der Waals surface area (Å²) >= 11 is 0. The van der Waals surface area contributed by atoms with Gasteiger partial charge in [0.15, 0.2) is 5.69 Å². The van der Waals surface area contributed by atoms with Gasteiger partial charge in [-0.2, -0.15) is 0 Å². The molecule has 0 radical (unpaired) electrons. The summed E-state index contributed by atoms with van der Waals surface area (Å²) in [6.07, 6.45) is -2.98. The van der Waals surface area contributed by atoms with Gasteiger partial charge in [-0.1, -0.05) is 0 Å². The number of rotatable bonds is 2. The lowest BCUT2D eigenvalue weighted by Gasteiger charge is -1.89. The first-order valence-electron chi connectivity index (χ1n) is 2.47. The predicted molar refractivity (Wildman–Crippen MR) is 26.2 cm³/mol. The van der Waals surface area contributed by atoms with E-state index in [0.29, 0.717) is 0 Å². The number of nitrogens with zero attached hydrogens (tertiary/aromatic N) is 2. The standard InChI is InChI=1S/C4H2F2N2O3/c5-3(6)1-2(4(9)10)8-11-7-1/h3H,(H,9,10). The average molecular weight is 164 g/mol. The van der Waals surface area contributed by atoms with E-state index in [1.165, 1.54) is 0 Å². The molecule has 0 saturated heterocycles. The Morgan fingerprint density at radius 2 is 2.18 bits per heavy atom. The summed E-state index contributed by atoms with van der Waals surface area (Å²) in [6.45, 7) is 0. The molecule has 11 heavy (non-hydrogen) atoms. The second kappa shape index (κ2) is 2.60. The molecular weight excluding hydrogens is 162 g/mol. The summed E-state index contributed by atoms with van der Waals surface area (Å²) in [4.78, 5) is 10.1. The Labute approximate surface area is 58.6 Å². The molecule has 60 valence electrons. The third kappa shape index (κ3) is 1.31. The average Bonchev–Trinajstić information content (AvgIpc) is 2.32. The number of carboxylic acids is 1. The number of carbonyl (C=O) groups is 1. The van der Waals surface area contributed by atoms with Gasteiger partial charge >= 0.3 is 5.97 Å². The van der Waals surface area contributed by atoms with Crippen LogP contribution in [0.5, 0.6) is 0 Å². The molecule has 0 aliphatic heterocycles. The lowest BCUT2D eigenvalue weighted by atomic mass is 10.3. The van der Waals surface area contributed by atoms with Crippen molar-refractivity contribution in [3.05, 3.63) is 11.4 Å². The SMILES string of the molecule is O=C(O)c1nonc1C(F)F. The van der Waals surface area contributed by atoms with Crippen LogP contribution in [-0.4, -0.2) is 21.4 Å². The molecule has 0 saturated carbocycles. The van der Waals surface area contributed by atoms with E-state index in [1.807, 2.05) is 0 Å². The zero-order valence-electron chi connectivity index (χ0n) is 4.99. The predicted octanol–water partition coefficient (Wildman–Crippen LogP) is 0.705. The summed E-state index contributed by atoms with van der Waals surface area (Å²) in [7, 11) is 0. The molecule has 1 aromatic heterocycles. The van der Waals surface area contributed by atoms with Crippen molar-refractivity contribution in [2.24, 2.45) is 0 Å². The van der Waals surface area contributed by atoms with Crippen LogP contribution in [0.3, 0.4) is 0 Å². The molecule has 0 bridgehead atoms. The maximum atomic E-state index is 11.8. The second-order valence-electron chi connectivity index (χ2n) is 1.60. The molecule has 5 nitrogen and oxygen atoms in total. The molecular formula is C4H2F2N2O3. The van der Waals surface area contributed by atoms with Gasteiger partial charge in [-0.15, -0.1) is 0 Å². The van der Waals surface area contributed by atoms with E-state index in [1.54, 1.807) is 0 Å². The fourth-order valence-corrected chi connectivity index (χ4v) is 0.487. The number of hydrogen-bond donors (Lipinski definition) is 1. The van der Waals surface area contributed by atoms with Gasteiger partial charge in [0, 0.05) is 0 Å². The van der Waals surface area contributed by atoms with Crippen LogP contribution in [-0.2, 0) is 0 Å². The lowest BCUT2D eigenvalue weighted by molar-refractivity contribution is 0.0675. The molecule has 0 unspecified atom stereocenters. The second-order valence-corrected chi connectivity index (χ2v) is 1.60. The van der Waals surface area contributed by atoms with Gasteiger partial charge in [-0.25, -0.2) is 18.2 Å². The minimum atomic E-state index is -2.98. The Balaban J connectivity index is 3.06. The largest absolute Gasteiger partial charge is 0.476 e. The quantitative estimate of drug-likeness (QED) is 0.696. The monoisotopic (exact) mass is 164 g/mol. The van der Waals surface area contributed by atoms with Crippen LogP contribution in [0.2, 0.25) is 0 Å². The number of alkyl halides is 2. The smallest absolute Gasteiger partial charge is 0.360 e. The van der Waals surface area contributed by atoms with Gasteiger partial charge in [0.2, 0.25) is 5.69 Å². The molecule has 0 fully saturated rings. The van der Waals surface area contributed by atoms with E-state index in [-0.39, 0.29) is 0 Å². The first-order valence-corrected chi connectivity index (χ1v) is 2.47. The van der Waals surface area contributed by atoms with Gasteiger partial charge in [0.25, 0.3) is 6.43 Å². The first-order chi connectivity index (χ1) is 5.13. The molecule has 0 spiro atoms. The molecule has 0 aliphatic carbocycles. The minimum Gasteiger partial charge on any atom is -0.476 e. The third-order valence-corrected chi connectivity index (χ3v) is 0.923. The Hall–Kier alpha value is -1.53. The summed E-state index contributed by atoms with van der Waals surface area (Å²) in [5.41, 5.74) is -1.79. The van der Waals surface area contributed by atoms with E-state index < -0.39 is 23.8 Å². The van der Waals surface area contributed by atoms with Crippen molar-refractivity contribution in [3.8, 4) is 0 Å². The molecule has 1 N–H and O–H groups in total. The Morgan fingerprint density at radius 3 is 2.55 bits per heavy atom. The Morgan fingerprint density at radius 1 is 1.55 bits per heavy atom. The Kier molecular flexibility index (Phi) is 1.79.